The summed E-state index contributed by atoms with van der Waals surface area (Å²) in [6.07, 6.45) is -5.03. The van der Waals surface area contributed by atoms with E-state index in [2.05, 4.69) is 4.74 Å². The summed E-state index contributed by atoms with van der Waals surface area (Å²) in [6.45, 7) is -0.748. The van der Waals surface area contributed by atoms with Crippen LogP contribution in [-0.2, 0) is 9.53 Å². The van der Waals surface area contributed by atoms with E-state index in [1.54, 1.807) is 0 Å². The Morgan fingerprint density at radius 3 is 2.23 bits per heavy atom. The molecule has 0 saturated carbocycles. The van der Waals surface area contributed by atoms with Crippen molar-refractivity contribution in [3.8, 4) is 0 Å². The maximum Gasteiger partial charge on any atom is 0.371 e. The van der Waals surface area contributed by atoms with Crippen molar-refractivity contribution in [2.24, 2.45) is 5.73 Å². The largest absolute Gasteiger partial charge is 0.425 e. The lowest BCUT2D eigenvalue weighted by Crippen LogP contribution is -2.52. The monoisotopic (exact) mass is 193 g/mol. The van der Waals surface area contributed by atoms with Gasteiger partial charge < -0.3 is 25.2 Å². The Hall–Kier alpha value is -0.730. The molecule has 6 N–H and O–H groups in total. The Morgan fingerprint density at radius 2 is 1.92 bits per heavy atom. The molecule has 7 heteroatoms. The molecule has 0 aromatic rings. The van der Waals surface area contributed by atoms with Gasteiger partial charge in [-0.05, 0) is 0 Å². The van der Waals surface area contributed by atoms with Gasteiger partial charge >= 0.3 is 5.97 Å². The molecule has 0 aromatic carbocycles. The van der Waals surface area contributed by atoms with E-state index in [9.17, 15) is 9.90 Å². The van der Waals surface area contributed by atoms with Crippen LogP contribution in [0.3, 0.4) is 0 Å². The topological polar surface area (TPSA) is 137 Å². The smallest absolute Gasteiger partial charge is 0.371 e. The van der Waals surface area contributed by atoms with E-state index >= 15 is 0 Å². The van der Waals surface area contributed by atoms with Gasteiger partial charge in [-0.15, -0.1) is 0 Å². The van der Waals surface area contributed by atoms with Gasteiger partial charge in [0.1, 0.15) is 18.3 Å². The fraction of sp³-hybridized carbons (Fsp3) is 0.833. The molecular formula is C6H11NO6. The number of aliphatic hydroxyl groups is 4. The van der Waals surface area contributed by atoms with Crippen molar-refractivity contribution in [1.29, 1.82) is 0 Å². The van der Waals surface area contributed by atoms with Crippen molar-refractivity contribution in [3.63, 3.8) is 0 Å². The molecule has 0 spiro atoms. The third-order valence-corrected chi connectivity index (χ3v) is 1.88. The Morgan fingerprint density at radius 1 is 1.46 bits per heavy atom. The first-order chi connectivity index (χ1) is 5.93. The van der Waals surface area contributed by atoms with Crippen LogP contribution in [-0.4, -0.2) is 57.0 Å². The van der Waals surface area contributed by atoms with E-state index < -0.39 is 36.6 Å². The van der Waals surface area contributed by atoms with Gasteiger partial charge in [-0.25, -0.2) is 4.79 Å². The third kappa shape index (κ3) is 1.64. The number of hydrogen-bond acceptors (Lipinski definition) is 7. The molecule has 0 amide bonds. The highest BCUT2D eigenvalue weighted by Gasteiger charge is 2.63. The second-order valence-corrected chi connectivity index (χ2v) is 2.87. The molecule has 1 aliphatic rings. The molecule has 1 fully saturated rings. The number of aliphatic hydroxyl groups excluding tert-OH is 4. The van der Waals surface area contributed by atoms with Gasteiger partial charge in [-0.1, -0.05) is 0 Å². The summed E-state index contributed by atoms with van der Waals surface area (Å²) < 4.78 is 4.22. The summed E-state index contributed by atoms with van der Waals surface area (Å²) in [6, 6.07) is 0. The summed E-state index contributed by atoms with van der Waals surface area (Å²) in [5.41, 5.74) is 3.22. The SMILES string of the molecule is NC1(C(O)C(O)C(O)CO)OC1=O. The zero-order valence-electron chi connectivity index (χ0n) is 6.62. The molecule has 4 atom stereocenters. The number of ether oxygens (including phenoxy) is 1. The van der Waals surface area contributed by atoms with E-state index in [4.69, 9.17) is 21.1 Å². The fourth-order valence-corrected chi connectivity index (χ4v) is 0.881. The van der Waals surface area contributed by atoms with Crippen LogP contribution in [0.4, 0.5) is 0 Å². The standard InChI is InChI=1S/C6H11NO6/c7-6(5(12)13-6)4(11)3(10)2(9)1-8/h2-4,8-11H,1,7H2. The molecule has 1 rings (SSSR count). The molecule has 4 unspecified atom stereocenters. The molecule has 0 radical (unpaired) electrons. The summed E-state index contributed by atoms with van der Waals surface area (Å²) >= 11 is 0. The van der Waals surface area contributed by atoms with Crippen LogP contribution >= 0.6 is 0 Å². The number of carbonyl (C=O) groups excluding carboxylic acids is 1. The molecular weight excluding hydrogens is 182 g/mol. The Bertz CT molecular complexity index is 221. The van der Waals surface area contributed by atoms with E-state index in [1.165, 1.54) is 0 Å². The Labute approximate surface area is 73.4 Å². The number of epoxide rings is 1. The molecule has 13 heavy (non-hydrogen) atoms. The predicted molar refractivity (Wildman–Crippen MR) is 38.1 cm³/mol. The van der Waals surface area contributed by atoms with E-state index in [-0.39, 0.29) is 0 Å². The maximum atomic E-state index is 10.5. The highest BCUT2D eigenvalue weighted by Crippen LogP contribution is 2.29. The first kappa shape index (κ1) is 10.4. The van der Waals surface area contributed by atoms with Crippen LogP contribution < -0.4 is 5.73 Å². The van der Waals surface area contributed by atoms with Gasteiger partial charge in [0.15, 0.2) is 0 Å². The first-order valence-electron chi connectivity index (χ1n) is 3.61. The average Bonchev–Trinajstić information content (AvgIpc) is 2.72. The van der Waals surface area contributed by atoms with Gasteiger partial charge in [-0.3, -0.25) is 5.73 Å². The number of cyclic esters (lactones) is 1. The molecule has 1 saturated heterocycles. The maximum absolute atomic E-state index is 10.5. The van der Waals surface area contributed by atoms with E-state index in [0.717, 1.165) is 0 Å². The molecule has 7 nitrogen and oxygen atoms in total. The van der Waals surface area contributed by atoms with Crippen LogP contribution in [0.1, 0.15) is 0 Å². The lowest BCUT2D eigenvalue weighted by Gasteiger charge is -2.21. The summed E-state index contributed by atoms with van der Waals surface area (Å²) in [5.74, 6) is -0.857. The van der Waals surface area contributed by atoms with Gasteiger partial charge in [0.2, 0.25) is 0 Å². The summed E-state index contributed by atoms with van der Waals surface area (Å²) in [7, 11) is 0. The zero-order valence-corrected chi connectivity index (χ0v) is 6.62. The van der Waals surface area contributed by atoms with Gasteiger partial charge in [0, 0.05) is 0 Å². The number of carbonyl (C=O) groups is 1. The quantitative estimate of drug-likeness (QED) is 0.289. The van der Waals surface area contributed by atoms with Crippen molar-refractivity contribution in [2.75, 3.05) is 6.61 Å². The molecule has 0 aromatic heterocycles. The first-order valence-corrected chi connectivity index (χ1v) is 3.61. The fourth-order valence-electron chi connectivity index (χ4n) is 0.881. The summed E-state index contributed by atoms with van der Waals surface area (Å²) in [4.78, 5) is 10.5. The van der Waals surface area contributed by atoms with Crippen molar-refractivity contribution in [1.82, 2.24) is 0 Å². The van der Waals surface area contributed by atoms with Crippen molar-refractivity contribution in [2.45, 2.75) is 24.0 Å². The van der Waals surface area contributed by atoms with Crippen LogP contribution in [0.15, 0.2) is 0 Å². The van der Waals surface area contributed by atoms with Crippen molar-refractivity contribution < 1.29 is 30.0 Å². The summed E-state index contributed by atoms with van der Waals surface area (Å²) in [5, 5.41) is 35.6. The predicted octanol–water partition coefficient (Wildman–Crippen LogP) is -3.73. The number of nitrogens with two attached hydrogens (primary N) is 1. The van der Waals surface area contributed by atoms with Crippen molar-refractivity contribution in [3.05, 3.63) is 0 Å². The zero-order chi connectivity index (χ0) is 10.2. The molecule has 1 heterocycles. The number of hydrogen-bond donors (Lipinski definition) is 5. The normalized spacial score (nSPS) is 33.5. The average molecular weight is 193 g/mol. The van der Waals surface area contributed by atoms with Crippen LogP contribution in [0.25, 0.3) is 0 Å². The Kier molecular flexibility index (Phi) is 2.55. The minimum atomic E-state index is -1.93. The van der Waals surface area contributed by atoms with E-state index in [1.807, 2.05) is 0 Å². The van der Waals surface area contributed by atoms with Crippen molar-refractivity contribution >= 4 is 5.97 Å². The van der Waals surface area contributed by atoms with Gasteiger partial charge in [0.25, 0.3) is 5.72 Å². The molecule has 0 aliphatic carbocycles. The van der Waals surface area contributed by atoms with Crippen LogP contribution in [0.5, 0.6) is 0 Å². The number of rotatable bonds is 4. The lowest BCUT2D eigenvalue weighted by atomic mass is 10.0. The minimum absolute atomic E-state index is 0.748. The Balaban J connectivity index is 2.57. The second-order valence-electron chi connectivity index (χ2n) is 2.87. The molecule has 76 valence electrons. The molecule has 1 aliphatic heterocycles. The van der Waals surface area contributed by atoms with Crippen LogP contribution in [0, 0.1) is 0 Å². The van der Waals surface area contributed by atoms with E-state index in [0.29, 0.717) is 0 Å². The molecule has 0 bridgehead atoms. The lowest BCUT2D eigenvalue weighted by molar-refractivity contribution is -0.119. The third-order valence-electron chi connectivity index (χ3n) is 1.88. The van der Waals surface area contributed by atoms with Gasteiger partial charge in [-0.2, -0.15) is 0 Å². The van der Waals surface area contributed by atoms with Crippen LogP contribution in [0.2, 0.25) is 0 Å². The minimum Gasteiger partial charge on any atom is -0.425 e. The second kappa shape index (κ2) is 3.20. The van der Waals surface area contributed by atoms with Gasteiger partial charge in [0.05, 0.1) is 6.61 Å². The highest BCUT2D eigenvalue weighted by atomic mass is 16.7. The highest BCUT2D eigenvalue weighted by molar-refractivity contribution is 5.92.